The highest BCUT2D eigenvalue weighted by molar-refractivity contribution is 4.66. The Labute approximate surface area is 61.3 Å². The third-order valence-electron chi connectivity index (χ3n) is 1.34. The van der Waals surface area contributed by atoms with Crippen molar-refractivity contribution in [3.8, 4) is 0 Å². The van der Waals surface area contributed by atoms with Gasteiger partial charge in [0.1, 0.15) is 6.10 Å². The Morgan fingerprint density at radius 3 is 2.90 bits per heavy atom. The van der Waals surface area contributed by atoms with E-state index in [9.17, 15) is 0 Å². The minimum absolute atomic E-state index is 0.391. The van der Waals surface area contributed by atoms with Gasteiger partial charge < -0.3 is 14.2 Å². The average Bonchev–Trinajstić information content (AvgIpc) is 2.71. The highest BCUT2D eigenvalue weighted by Gasteiger charge is 2.21. The number of epoxide rings is 1. The van der Waals surface area contributed by atoms with Crippen molar-refractivity contribution in [3.05, 3.63) is 0 Å². The summed E-state index contributed by atoms with van der Waals surface area (Å²) in [4.78, 5) is 0. The monoisotopic (exact) mass is 146 g/mol. The van der Waals surface area contributed by atoms with Crippen LogP contribution in [0.25, 0.3) is 0 Å². The summed E-state index contributed by atoms with van der Waals surface area (Å²) in [6.07, 6.45) is 1.37. The van der Waals surface area contributed by atoms with Crippen LogP contribution in [0.2, 0.25) is 0 Å². The second-order valence-electron chi connectivity index (χ2n) is 2.38. The summed E-state index contributed by atoms with van der Waals surface area (Å²) in [5.41, 5.74) is 0. The molecule has 10 heavy (non-hydrogen) atoms. The molecule has 1 aliphatic rings. The molecule has 1 rings (SSSR count). The van der Waals surface area contributed by atoms with Crippen molar-refractivity contribution in [2.24, 2.45) is 0 Å². The maximum Gasteiger partial charge on any atom is 0.104 e. The quantitative estimate of drug-likeness (QED) is 0.402. The van der Waals surface area contributed by atoms with E-state index in [-0.39, 0.29) is 0 Å². The van der Waals surface area contributed by atoms with Crippen LogP contribution in [-0.2, 0) is 14.2 Å². The number of ether oxygens (including phenoxy) is 3. The lowest BCUT2D eigenvalue weighted by molar-refractivity contribution is 0.0916. The summed E-state index contributed by atoms with van der Waals surface area (Å²) >= 11 is 0. The van der Waals surface area contributed by atoms with Crippen LogP contribution in [0.1, 0.15) is 6.42 Å². The molecule has 0 aliphatic carbocycles. The first kappa shape index (κ1) is 7.98. The molecule has 0 unspecified atom stereocenters. The molecule has 3 heteroatoms. The smallest absolute Gasteiger partial charge is 0.104 e. The molecule has 1 aliphatic heterocycles. The van der Waals surface area contributed by atoms with Gasteiger partial charge in [0.25, 0.3) is 0 Å². The van der Waals surface area contributed by atoms with E-state index in [2.05, 4.69) is 0 Å². The van der Waals surface area contributed by atoms with E-state index >= 15 is 0 Å². The van der Waals surface area contributed by atoms with Crippen LogP contribution < -0.4 is 0 Å². The van der Waals surface area contributed by atoms with Gasteiger partial charge in [0.15, 0.2) is 0 Å². The summed E-state index contributed by atoms with van der Waals surface area (Å²) < 4.78 is 15.1. The predicted molar refractivity (Wildman–Crippen MR) is 37.1 cm³/mol. The second kappa shape index (κ2) is 4.66. The molecule has 1 heterocycles. The molecule has 0 radical (unpaired) electrons. The standard InChI is InChI=1S/C7H14O3/c1-8-3-2-4-9-5-7-6-10-7/h7H,2-6H2,1H3/t7-/m1/s1. The van der Waals surface area contributed by atoms with Gasteiger partial charge in [0.2, 0.25) is 0 Å². The zero-order chi connectivity index (χ0) is 7.23. The van der Waals surface area contributed by atoms with Gasteiger partial charge in [-0.3, -0.25) is 0 Å². The fourth-order valence-electron chi connectivity index (χ4n) is 0.684. The Morgan fingerprint density at radius 1 is 1.50 bits per heavy atom. The fraction of sp³-hybridized carbons (Fsp3) is 1.00. The maximum atomic E-state index is 5.25. The molecule has 0 aromatic heterocycles. The lowest BCUT2D eigenvalue weighted by Crippen LogP contribution is -2.04. The van der Waals surface area contributed by atoms with Crippen molar-refractivity contribution in [3.63, 3.8) is 0 Å². The Hall–Kier alpha value is -0.120. The second-order valence-corrected chi connectivity index (χ2v) is 2.38. The third kappa shape index (κ3) is 3.82. The molecule has 0 saturated carbocycles. The predicted octanol–water partition coefficient (Wildman–Crippen LogP) is 0.438. The van der Waals surface area contributed by atoms with Crippen molar-refractivity contribution in [1.82, 2.24) is 0 Å². The van der Waals surface area contributed by atoms with Crippen molar-refractivity contribution in [2.45, 2.75) is 12.5 Å². The van der Waals surface area contributed by atoms with Gasteiger partial charge in [0, 0.05) is 20.3 Å². The van der Waals surface area contributed by atoms with E-state index in [0.29, 0.717) is 6.10 Å². The minimum Gasteiger partial charge on any atom is -0.385 e. The summed E-state index contributed by atoms with van der Waals surface area (Å²) in [6.45, 7) is 3.20. The Bertz CT molecular complexity index is 80.9. The average molecular weight is 146 g/mol. The first-order chi connectivity index (χ1) is 4.93. The zero-order valence-corrected chi connectivity index (χ0v) is 6.34. The number of hydrogen-bond donors (Lipinski definition) is 0. The maximum absolute atomic E-state index is 5.25. The molecular formula is C7H14O3. The highest BCUT2D eigenvalue weighted by atomic mass is 16.6. The van der Waals surface area contributed by atoms with Gasteiger partial charge in [-0.2, -0.15) is 0 Å². The van der Waals surface area contributed by atoms with Crippen LogP contribution in [0.3, 0.4) is 0 Å². The number of rotatable bonds is 6. The highest BCUT2D eigenvalue weighted by Crippen LogP contribution is 2.08. The summed E-state index contributed by atoms with van der Waals surface area (Å²) in [6, 6.07) is 0. The lowest BCUT2D eigenvalue weighted by Gasteiger charge is -1.99. The first-order valence-corrected chi connectivity index (χ1v) is 3.62. The zero-order valence-electron chi connectivity index (χ0n) is 6.34. The van der Waals surface area contributed by atoms with E-state index in [0.717, 1.165) is 32.8 Å². The molecule has 1 saturated heterocycles. The van der Waals surface area contributed by atoms with Crippen LogP contribution in [0.5, 0.6) is 0 Å². The van der Waals surface area contributed by atoms with Crippen LogP contribution in [0.4, 0.5) is 0 Å². The molecule has 3 nitrogen and oxygen atoms in total. The van der Waals surface area contributed by atoms with Crippen molar-refractivity contribution in [1.29, 1.82) is 0 Å². The molecule has 1 atom stereocenters. The largest absolute Gasteiger partial charge is 0.385 e. The Morgan fingerprint density at radius 2 is 2.30 bits per heavy atom. The third-order valence-corrected chi connectivity index (χ3v) is 1.34. The molecule has 1 fully saturated rings. The van der Waals surface area contributed by atoms with Gasteiger partial charge >= 0.3 is 0 Å². The first-order valence-electron chi connectivity index (χ1n) is 3.62. The molecule has 0 bridgehead atoms. The summed E-state index contributed by atoms with van der Waals surface area (Å²) in [5, 5.41) is 0. The molecule has 0 amide bonds. The van der Waals surface area contributed by atoms with Crippen LogP contribution in [0, 0.1) is 0 Å². The van der Waals surface area contributed by atoms with Crippen LogP contribution in [-0.4, -0.2) is 39.6 Å². The van der Waals surface area contributed by atoms with Gasteiger partial charge in [-0.15, -0.1) is 0 Å². The van der Waals surface area contributed by atoms with E-state index < -0.39 is 0 Å². The number of hydrogen-bond acceptors (Lipinski definition) is 3. The van der Waals surface area contributed by atoms with Gasteiger partial charge in [-0.25, -0.2) is 0 Å². The van der Waals surface area contributed by atoms with E-state index in [1.807, 2.05) is 0 Å². The summed E-state index contributed by atoms with van der Waals surface area (Å²) in [5.74, 6) is 0. The lowest BCUT2D eigenvalue weighted by atomic mass is 10.5. The van der Waals surface area contributed by atoms with Gasteiger partial charge in [-0.05, 0) is 6.42 Å². The fourth-order valence-corrected chi connectivity index (χ4v) is 0.684. The van der Waals surface area contributed by atoms with Crippen LogP contribution >= 0.6 is 0 Å². The normalized spacial score (nSPS) is 23.1. The molecular weight excluding hydrogens is 132 g/mol. The van der Waals surface area contributed by atoms with E-state index in [1.165, 1.54) is 0 Å². The summed E-state index contributed by atoms with van der Waals surface area (Å²) in [7, 11) is 1.70. The molecule has 0 N–H and O–H groups in total. The van der Waals surface area contributed by atoms with Crippen molar-refractivity contribution in [2.75, 3.05) is 33.5 Å². The molecule has 0 spiro atoms. The van der Waals surface area contributed by atoms with Crippen molar-refractivity contribution < 1.29 is 14.2 Å². The van der Waals surface area contributed by atoms with Gasteiger partial charge in [0.05, 0.1) is 13.2 Å². The number of methoxy groups -OCH3 is 1. The molecule has 0 aromatic rings. The Kier molecular flexibility index (Phi) is 3.72. The van der Waals surface area contributed by atoms with E-state index in [4.69, 9.17) is 14.2 Å². The minimum atomic E-state index is 0.391. The SMILES string of the molecule is COCCCOC[C@@H]1CO1. The van der Waals surface area contributed by atoms with Crippen molar-refractivity contribution >= 4 is 0 Å². The van der Waals surface area contributed by atoms with Gasteiger partial charge in [-0.1, -0.05) is 0 Å². The molecule has 0 aromatic carbocycles. The Balaban J connectivity index is 1.68. The van der Waals surface area contributed by atoms with E-state index in [1.54, 1.807) is 7.11 Å². The molecule has 60 valence electrons. The topological polar surface area (TPSA) is 31.0 Å². The van der Waals surface area contributed by atoms with Crippen LogP contribution in [0.15, 0.2) is 0 Å².